The van der Waals surface area contributed by atoms with Gasteiger partial charge in [-0.3, -0.25) is 4.79 Å². The molecule has 0 aliphatic carbocycles. The molecule has 0 fully saturated rings. The average molecular weight is 393 g/mol. The van der Waals surface area contributed by atoms with E-state index in [1.165, 1.54) is 9.80 Å². The Morgan fingerprint density at radius 2 is 1.59 bits per heavy atom. The number of nitrogens with zero attached hydrogens (tertiary/aromatic N) is 2. The molecular weight excluding hydrogens is 368 g/mol. The van der Waals surface area contributed by atoms with E-state index in [1.54, 1.807) is 38.4 Å². The number of ether oxygens (including phenoxy) is 1. The molecule has 0 unspecified atom stereocenters. The van der Waals surface area contributed by atoms with Crippen LogP contribution in [0.15, 0.2) is 40.8 Å². The van der Waals surface area contributed by atoms with Crippen LogP contribution in [0.25, 0.3) is 11.3 Å². The fourth-order valence-corrected chi connectivity index (χ4v) is 2.37. The number of carbonyl (C=O) groups is 2. The van der Waals surface area contributed by atoms with Crippen molar-refractivity contribution in [2.75, 3.05) is 27.2 Å². The Kier molecular flexibility index (Phi) is 6.54. The number of hydrogen-bond acceptors (Lipinski definition) is 4. The van der Waals surface area contributed by atoms with Crippen molar-refractivity contribution < 1.29 is 18.7 Å². The second-order valence-electron chi connectivity index (χ2n) is 7.30. The summed E-state index contributed by atoms with van der Waals surface area (Å²) in [6.45, 7) is 6.13. The minimum Gasteiger partial charge on any atom is -0.451 e. The molecule has 1 aromatic heterocycles. The lowest BCUT2D eigenvalue weighted by Crippen LogP contribution is -2.39. The minimum atomic E-state index is -0.556. The highest BCUT2D eigenvalue weighted by Crippen LogP contribution is 2.24. The van der Waals surface area contributed by atoms with E-state index in [0.717, 1.165) is 5.56 Å². The summed E-state index contributed by atoms with van der Waals surface area (Å²) in [5, 5.41) is 0.635. The summed E-state index contributed by atoms with van der Waals surface area (Å²) in [4.78, 5) is 27.4. The third-order valence-corrected chi connectivity index (χ3v) is 4.02. The molecule has 2 amide bonds. The highest BCUT2D eigenvalue weighted by molar-refractivity contribution is 6.30. The van der Waals surface area contributed by atoms with E-state index in [9.17, 15) is 9.59 Å². The van der Waals surface area contributed by atoms with Crippen molar-refractivity contribution in [2.24, 2.45) is 0 Å². The molecule has 0 bridgehead atoms. The largest absolute Gasteiger partial charge is 0.451 e. The summed E-state index contributed by atoms with van der Waals surface area (Å²) in [5.74, 6) is 0.574. The normalized spacial score (nSPS) is 11.2. The Balaban J connectivity index is 1.93. The highest BCUT2D eigenvalue weighted by Gasteiger charge is 2.21. The second kappa shape index (κ2) is 8.48. The highest BCUT2D eigenvalue weighted by atomic mass is 35.5. The lowest BCUT2D eigenvalue weighted by molar-refractivity contribution is 0.0282. The molecule has 0 spiro atoms. The standard InChI is InChI=1S/C20H25ClN2O4/c1-20(2,3)27-19(25)23(5)13-12-22(4)18(24)17-11-10-16(26-17)14-6-8-15(21)9-7-14/h6-11H,12-13H2,1-5H3. The zero-order chi connectivity index (χ0) is 20.2. The number of halogens is 1. The molecule has 7 heteroatoms. The van der Waals surface area contributed by atoms with Crippen molar-refractivity contribution in [3.8, 4) is 11.3 Å². The molecule has 0 radical (unpaired) electrons. The Morgan fingerprint density at radius 3 is 2.19 bits per heavy atom. The molecule has 2 aromatic rings. The summed E-state index contributed by atoms with van der Waals surface area (Å²) >= 11 is 5.89. The van der Waals surface area contributed by atoms with Crippen molar-refractivity contribution >= 4 is 23.6 Å². The lowest BCUT2D eigenvalue weighted by Gasteiger charge is -2.26. The smallest absolute Gasteiger partial charge is 0.410 e. The van der Waals surface area contributed by atoms with Crippen molar-refractivity contribution in [1.29, 1.82) is 0 Å². The number of carbonyl (C=O) groups excluding carboxylic acids is 2. The Hall–Kier alpha value is -2.47. The van der Waals surface area contributed by atoms with Crippen LogP contribution in [0, 0.1) is 0 Å². The Morgan fingerprint density at radius 1 is 1.00 bits per heavy atom. The van der Waals surface area contributed by atoms with Crippen LogP contribution in [0.3, 0.4) is 0 Å². The van der Waals surface area contributed by atoms with Gasteiger partial charge in [0.05, 0.1) is 0 Å². The van der Waals surface area contributed by atoms with Crippen LogP contribution >= 0.6 is 11.6 Å². The summed E-state index contributed by atoms with van der Waals surface area (Å²) in [6.07, 6.45) is -0.425. The fourth-order valence-electron chi connectivity index (χ4n) is 2.24. The first-order chi connectivity index (χ1) is 12.6. The maximum Gasteiger partial charge on any atom is 0.410 e. The third-order valence-electron chi connectivity index (χ3n) is 3.77. The molecule has 0 saturated heterocycles. The van der Waals surface area contributed by atoms with Crippen molar-refractivity contribution in [3.05, 3.63) is 47.2 Å². The quantitative estimate of drug-likeness (QED) is 0.749. The molecule has 0 aliphatic heterocycles. The molecule has 1 aromatic carbocycles. The predicted octanol–water partition coefficient (Wildman–Crippen LogP) is 4.54. The summed E-state index contributed by atoms with van der Waals surface area (Å²) in [5.41, 5.74) is 0.282. The number of furan rings is 1. The van der Waals surface area contributed by atoms with Gasteiger partial charge in [-0.05, 0) is 57.2 Å². The van der Waals surface area contributed by atoms with E-state index in [1.807, 2.05) is 32.9 Å². The van der Waals surface area contributed by atoms with E-state index in [-0.39, 0.29) is 11.7 Å². The van der Waals surface area contributed by atoms with Crippen molar-refractivity contribution in [2.45, 2.75) is 26.4 Å². The molecule has 0 aliphatic rings. The van der Waals surface area contributed by atoms with Crippen LogP contribution in [0.1, 0.15) is 31.3 Å². The average Bonchev–Trinajstić information content (AvgIpc) is 3.07. The van der Waals surface area contributed by atoms with Gasteiger partial charge in [0, 0.05) is 37.8 Å². The van der Waals surface area contributed by atoms with Gasteiger partial charge in [-0.1, -0.05) is 11.6 Å². The van der Waals surface area contributed by atoms with Gasteiger partial charge in [0.1, 0.15) is 11.4 Å². The third kappa shape index (κ3) is 6.03. The SMILES string of the molecule is CN(CCN(C)C(=O)c1ccc(-c2ccc(Cl)cc2)o1)C(=O)OC(C)(C)C. The van der Waals surface area contributed by atoms with E-state index < -0.39 is 11.7 Å². The Labute approximate surface area is 164 Å². The molecule has 146 valence electrons. The van der Waals surface area contributed by atoms with Crippen molar-refractivity contribution in [1.82, 2.24) is 9.80 Å². The summed E-state index contributed by atoms with van der Waals surface area (Å²) in [6, 6.07) is 10.6. The summed E-state index contributed by atoms with van der Waals surface area (Å²) in [7, 11) is 3.30. The van der Waals surface area contributed by atoms with E-state index in [2.05, 4.69) is 0 Å². The molecular formula is C20H25ClN2O4. The molecule has 27 heavy (non-hydrogen) atoms. The second-order valence-corrected chi connectivity index (χ2v) is 7.74. The molecule has 0 saturated carbocycles. The zero-order valence-electron chi connectivity index (χ0n) is 16.3. The Bertz CT molecular complexity index is 793. The van der Waals surface area contributed by atoms with Gasteiger partial charge < -0.3 is 19.0 Å². The minimum absolute atomic E-state index is 0.238. The number of benzene rings is 1. The number of likely N-dealkylation sites (N-methyl/N-ethyl adjacent to an activating group) is 2. The van der Waals surface area contributed by atoms with Gasteiger partial charge in [0.2, 0.25) is 0 Å². The first-order valence-electron chi connectivity index (χ1n) is 8.62. The van der Waals surface area contributed by atoms with Gasteiger partial charge in [0.15, 0.2) is 5.76 Å². The van der Waals surface area contributed by atoms with E-state index in [4.69, 9.17) is 20.8 Å². The van der Waals surface area contributed by atoms with Gasteiger partial charge in [-0.15, -0.1) is 0 Å². The molecule has 0 N–H and O–H groups in total. The monoisotopic (exact) mass is 392 g/mol. The topological polar surface area (TPSA) is 63.0 Å². The maximum absolute atomic E-state index is 12.5. The number of rotatable bonds is 5. The predicted molar refractivity (Wildman–Crippen MR) is 105 cm³/mol. The van der Waals surface area contributed by atoms with Gasteiger partial charge in [-0.2, -0.15) is 0 Å². The lowest BCUT2D eigenvalue weighted by atomic mass is 10.2. The maximum atomic E-state index is 12.5. The summed E-state index contributed by atoms with van der Waals surface area (Å²) < 4.78 is 11.0. The first-order valence-corrected chi connectivity index (χ1v) is 9.00. The van der Waals surface area contributed by atoms with Gasteiger partial charge >= 0.3 is 6.09 Å². The fraction of sp³-hybridized carbons (Fsp3) is 0.400. The van der Waals surface area contributed by atoms with E-state index in [0.29, 0.717) is 23.9 Å². The van der Waals surface area contributed by atoms with Crippen LogP contribution in [-0.2, 0) is 4.74 Å². The number of hydrogen-bond donors (Lipinski definition) is 0. The number of amides is 2. The molecule has 6 nitrogen and oxygen atoms in total. The van der Waals surface area contributed by atoms with E-state index >= 15 is 0 Å². The van der Waals surface area contributed by atoms with Crippen molar-refractivity contribution in [3.63, 3.8) is 0 Å². The first kappa shape index (κ1) is 20.8. The van der Waals surface area contributed by atoms with Crippen LogP contribution < -0.4 is 0 Å². The van der Waals surface area contributed by atoms with Crippen LogP contribution in [-0.4, -0.2) is 54.6 Å². The van der Waals surface area contributed by atoms with Crippen LogP contribution in [0.4, 0.5) is 4.79 Å². The molecule has 1 heterocycles. The molecule has 2 rings (SSSR count). The zero-order valence-corrected chi connectivity index (χ0v) is 17.0. The van der Waals surface area contributed by atoms with Crippen LogP contribution in [0.5, 0.6) is 0 Å². The van der Waals surface area contributed by atoms with Crippen LogP contribution in [0.2, 0.25) is 5.02 Å². The van der Waals surface area contributed by atoms with Gasteiger partial charge in [-0.25, -0.2) is 4.79 Å². The van der Waals surface area contributed by atoms with Gasteiger partial charge in [0.25, 0.3) is 5.91 Å². The molecule has 0 atom stereocenters.